The lowest BCUT2D eigenvalue weighted by Crippen LogP contribution is -2.44. The normalized spacial score (nSPS) is 36.6. The quantitative estimate of drug-likeness (QED) is 0.0628. The lowest BCUT2D eigenvalue weighted by Gasteiger charge is -2.32. The van der Waals surface area contributed by atoms with Crippen molar-refractivity contribution >= 4 is 17.4 Å². The van der Waals surface area contributed by atoms with Crippen LogP contribution in [0.2, 0.25) is 0 Å². The summed E-state index contributed by atoms with van der Waals surface area (Å²) in [5.74, 6) is 0.200. The van der Waals surface area contributed by atoms with E-state index in [9.17, 15) is 25.2 Å². The molecule has 1 saturated heterocycles. The van der Waals surface area contributed by atoms with Crippen LogP contribution in [0.1, 0.15) is 135 Å². The highest BCUT2D eigenvalue weighted by atomic mass is 16.4. The number of aliphatic carboxylic acids is 1. The Kier molecular flexibility index (Phi) is 14.0. The Morgan fingerprint density at radius 1 is 1.04 bits per heavy atom. The van der Waals surface area contributed by atoms with E-state index in [1.165, 1.54) is 30.5 Å². The number of nitrogens with zero attached hydrogens (tertiary/aromatic N) is 2. The molecule has 0 aromatic heterocycles. The number of piperidine rings is 1. The summed E-state index contributed by atoms with van der Waals surface area (Å²) in [6.45, 7) is 3.15. The van der Waals surface area contributed by atoms with Crippen LogP contribution < -0.4 is 11.1 Å². The first-order valence-corrected chi connectivity index (χ1v) is 21.1. The van der Waals surface area contributed by atoms with Gasteiger partial charge in [0.1, 0.15) is 0 Å². The van der Waals surface area contributed by atoms with Crippen molar-refractivity contribution in [1.82, 2.24) is 5.32 Å². The molecule has 6 aliphatic rings. The van der Waals surface area contributed by atoms with Crippen molar-refractivity contribution in [3.05, 3.63) is 36.1 Å². The van der Waals surface area contributed by atoms with Crippen LogP contribution in [0.25, 0.3) is 0 Å². The molecule has 0 aromatic rings. The maximum Gasteiger partial charge on any atom is 0.309 e. The van der Waals surface area contributed by atoms with E-state index in [0.29, 0.717) is 49.4 Å². The van der Waals surface area contributed by atoms with E-state index < -0.39 is 23.6 Å². The van der Waals surface area contributed by atoms with Gasteiger partial charge in [0.2, 0.25) is 0 Å². The Morgan fingerprint density at radius 3 is 2.67 bits per heavy atom. The third kappa shape index (κ3) is 10.3. The molecule has 0 aromatic carbocycles. The molecule has 12 atom stereocenters. The van der Waals surface area contributed by atoms with Gasteiger partial charge in [0.25, 0.3) is 0 Å². The van der Waals surface area contributed by atoms with E-state index in [1.807, 2.05) is 6.20 Å². The number of fused-ring (bicyclic) bond motifs is 2. The minimum Gasteiger partial charge on any atom is -0.481 e. The van der Waals surface area contributed by atoms with Crippen molar-refractivity contribution < 1.29 is 25.2 Å². The number of aliphatic imine (C=N–C) groups is 2. The summed E-state index contributed by atoms with van der Waals surface area (Å²) < 4.78 is 0. The predicted octanol–water partition coefficient (Wildman–Crippen LogP) is 6.86. The Balaban J connectivity index is 1.00. The van der Waals surface area contributed by atoms with Gasteiger partial charge < -0.3 is 31.5 Å². The molecule has 0 spiro atoms. The number of carboxylic acids is 1. The minimum absolute atomic E-state index is 0.0201. The fraction of sp³-hybridized carbons (Fsp3) is 0.791. The average Bonchev–Trinajstić information content (AvgIpc) is 3.81. The van der Waals surface area contributed by atoms with Gasteiger partial charge in [-0.2, -0.15) is 0 Å². The lowest BCUT2D eigenvalue weighted by atomic mass is 9.80. The second-order valence-corrected chi connectivity index (χ2v) is 17.6. The molecule has 0 amide bonds. The van der Waals surface area contributed by atoms with E-state index in [0.717, 1.165) is 89.3 Å². The second-order valence-electron chi connectivity index (χ2n) is 17.6. The van der Waals surface area contributed by atoms with Gasteiger partial charge in [-0.3, -0.25) is 14.8 Å². The molecule has 3 aliphatic heterocycles. The largest absolute Gasteiger partial charge is 0.481 e. The molecule has 6 rings (SSSR count). The van der Waals surface area contributed by atoms with Gasteiger partial charge in [-0.15, -0.1) is 0 Å². The Labute approximate surface area is 312 Å². The summed E-state index contributed by atoms with van der Waals surface area (Å²) in [7, 11) is 0. The number of nitrogens with one attached hydrogen (secondary N) is 1. The fourth-order valence-corrected chi connectivity index (χ4v) is 10.7. The third-order valence-electron chi connectivity index (χ3n) is 13.7. The van der Waals surface area contributed by atoms with E-state index in [1.54, 1.807) is 0 Å². The molecule has 3 aliphatic carbocycles. The highest BCUT2D eigenvalue weighted by Gasteiger charge is 2.47. The molecule has 2 saturated carbocycles. The van der Waals surface area contributed by atoms with Gasteiger partial charge in [-0.1, -0.05) is 63.7 Å². The zero-order valence-corrected chi connectivity index (χ0v) is 31.8. The number of aliphatic hydroxyl groups excluding tert-OH is 2. The molecule has 9 nitrogen and oxygen atoms in total. The summed E-state index contributed by atoms with van der Waals surface area (Å²) in [6.07, 6.45) is 27.2. The molecular formula is C43H68N4O5. The first kappa shape index (κ1) is 39.5. The van der Waals surface area contributed by atoms with Crippen LogP contribution >= 0.6 is 0 Å². The number of allylic oxidation sites excluding steroid dienone is 3. The monoisotopic (exact) mass is 721 g/mol. The van der Waals surface area contributed by atoms with Crippen molar-refractivity contribution in [3.8, 4) is 0 Å². The molecule has 9 heteroatoms. The second kappa shape index (κ2) is 18.4. The Morgan fingerprint density at radius 2 is 1.88 bits per heavy atom. The Hall–Kier alpha value is -2.17. The first-order chi connectivity index (χ1) is 25.1. The molecular weight excluding hydrogens is 652 g/mol. The van der Waals surface area contributed by atoms with Gasteiger partial charge in [-0.25, -0.2) is 0 Å². The predicted molar refractivity (Wildman–Crippen MR) is 208 cm³/mol. The first-order valence-electron chi connectivity index (χ1n) is 21.1. The average molecular weight is 721 g/mol. The number of hydrogen-bond donors (Lipinski definition) is 6. The van der Waals surface area contributed by atoms with Gasteiger partial charge in [0.05, 0.1) is 35.9 Å². The third-order valence-corrected chi connectivity index (χ3v) is 13.7. The highest BCUT2D eigenvalue weighted by molar-refractivity contribution is 6.01. The zero-order valence-electron chi connectivity index (χ0n) is 31.8. The topological polar surface area (TPSA) is 161 Å². The maximum absolute atomic E-state index is 12.4. The Bertz CT molecular complexity index is 1360. The molecule has 0 radical (unpaired) electrons. The molecule has 7 N–H and O–H groups in total. The molecule has 290 valence electrons. The van der Waals surface area contributed by atoms with Crippen molar-refractivity contribution in [1.29, 1.82) is 0 Å². The molecule has 12 unspecified atom stereocenters. The van der Waals surface area contributed by atoms with Crippen LogP contribution in [-0.2, 0) is 4.79 Å². The van der Waals surface area contributed by atoms with E-state index in [4.69, 9.17) is 10.7 Å². The van der Waals surface area contributed by atoms with Crippen LogP contribution in [0.4, 0.5) is 0 Å². The smallest absolute Gasteiger partial charge is 0.309 e. The van der Waals surface area contributed by atoms with Gasteiger partial charge in [0.15, 0.2) is 0 Å². The molecule has 0 bridgehead atoms. The van der Waals surface area contributed by atoms with Crippen LogP contribution in [0.3, 0.4) is 0 Å². The van der Waals surface area contributed by atoms with Crippen LogP contribution in [0, 0.1) is 41.4 Å². The molecule has 3 heterocycles. The summed E-state index contributed by atoms with van der Waals surface area (Å²) >= 11 is 0. The number of unbranched alkanes of at least 4 members (excludes halogenated alkanes) is 4. The van der Waals surface area contributed by atoms with Crippen LogP contribution in [0.15, 0.2) is 46.1 Å². The van der Waals surface area contributed by atoms with Crippen molar-refractivity contribution in [3.63, 3.8) is 0 Å². The number of carbonyl (C=O) groups is 1. The highest BCUT2D eigenvalue weighted by Crippen LogP contribution is 2.49. The number of hydrogen-bond acceptors (Lipinski definition) is 8. The standard InChI is InChI=1S/C43H68N4O5/c1-2-3-5-8-28-11-12-31(40(49)21-28)9-6-4-7-10-36(42(50)51)39(48)13-16-43(52)27-30(19-29-14-17-46-41(44)22-29)20-34(43)25-35-24-33-23-32-15-18-45-37(32)26-38(33)47-35/h11-12,15,18,24,28-32,34,36,38-41,46,48-49,52H,2-10,13-14,16-17,19-23,25-27,44H2,1H3,(H,50,51). The number of aliphatic hydroxyl groups is 3. The number of rotatable bonds is 19. The van der Waals surface area contributed by atoms with Crippen molar-refractivity contribution in [2.75, 3.05) is 6.54 Å². The van der Waals surface area contributed by atoms with E-state index in [-0.39, 0.29) is 36.6 Å². The minimum atomic E-state index is -1.00. The summed E-state index contributed by atoms with van der Waals surface area (Å²) in [5, 5.41) is 47.9. The number of nitrogens with two attached hydrogens (primary N) is 1. The van der Waals surface area contributed by atoms with Crippen LogP contribution in [-0.4, -0.2) is 74.4 Å². The molecule has 52 heavy (non-hydrogen) atoms. The fourth-order valence-electron chi connectivity index (χ4n) is 10.7. The summed E-state index contributed by atoms with van der Waals surface area (Å²) in [6, 6.07) is 0.168. The van der Waals surface area contributed by atoms with Crippen LogP contribution in [0.5, 0.6) is 0 Å². The van der Waals surface area contributed by atoms with Crippen molar-refractivity contribution in [2.24, 2.45) is 57.1 Å². The van der Waals surface area contributed by atoms with Crippen molar-refractivity contribution in [2.45, 2.75) is 165 Å². The number of carboxylic acid groups (broad SMARTS) is 1. The van der Waals surface area contributed by atoms with Gasteiger partial charge >= 0.3 is 5.97 Å². The van der Waals surface area contributed by atoms with Gasteiger partial charge in [-0.05, 0) is 125 Å². The molecule has 3 fully saturated rings. The summed E-state index contributed by atoms with van der Waals surface area (Å²) in [5.41, 5.74) is 8.96. The van der Waals surface area contributed by atoms with E-state index >= 15 is 0 Å². The van der Waals surface area contributed by atoms with E-state index in [2.05, 4.69) is 41.5 Å². The summed E-state index contributed by atoms with van der Waals surface area (Å²) in [4.78, 5) is 22.1. The lowest BCUT2D eigenvalue weighted by molar-refractivity contribution is -0.146. The van der Waals surface area contributed by atoms with Gasteiger partial charge in [0, 0.05) is 35.9 Å². The SMILES string of the molecule is CCCCCC1C=CC(CCCCCC(C(=O)O)C(O)CCC2(O)CC(CC3CCNC(N)C3)CC2CC2=NC3CC4=NC=CC4CC3=C2)C(O)C1. The maximum atomic E-state index is 12.4. The zero-order chi connectivity index (χ0) is 36.7.